The lowest BCUT2D eigenvalue weighted by atomic mass is 10.0. The second-order valence-electron chi connectivity index (χ2n) is 5.96. The molecule has 0 spiro atoms. The van der Waals surface area contributed by atoms with Crippen LogP contribution in [0.15, 0.2) is 75.8 Å². The molecule has 4 rings (SSSR count). The quantitative estimate of drug-likeness (QED) is 0.561. The fourth-order valence-electron chi connectivity index (χ4n) is 2.69. The van der Waals surface area contributed by atoms with E-state index in [0.717, 1.165) is 16.7 Å². The normalized spacial score (nSPS) is 10.4. The number of nitrogens with zero attached hydrogens (tertiary/aromatic N) is 3. The van der Waals surface area contributed by atoms with E-state index in [4.69, 9.17) is 14.1 Å². The molecule has 0 fully saturated rings. The summed E-state index contributed by atoms with van der Waals surface area (Å²) in [6.07, 6.45) is 1.86. The highest BCUT2D eigenvalue weighted by atomic mass is 16.4. The lowest BCUT2D eigenvalue weighted by Crippen LogP contribution is -2.12. The molecule has 0 aliphatic carbocycles. The number of benzene rings is 2. The SMILES string of the molecule is N#CCc1ccc(-c2cccc(C(=O)Nc3nnc(-c4ccco4)o3)c2)cc1. The van der Waals surface area contributed by atoms with Crippen molar-refractivity contribution < 1.29 is 13.6 Å². The van der Waals surface area contributed by atoms with Gasteiger partial charge in [0.25, 0.3) is 11.8 Å². The van der Waals surface area contributed by atoms with Gasteiger partial charge >= 0.3 is 6.01 Å². The summed E-state index contributed by atoms with van der Waals surface area (Å²) in [6.45, 7) is 0. The average molecular weight is 370 g/mol. The van der Waals surface area contributed by atoms with Crippen molar-refractivity contribution in [2.75, 3.05) is 5.32 Å². The Kier molecular flexibility index (Phi) is 4.68. The number of furan rings is 1. The highest BCUT2D eigenvalue weighted by Crippen LogP contribution is 2.23. The van der Waals surface area contributed by atoms with E-state index in [1.165, 1.54) is 6.26 Å². The summed E-state index contributed by atoms with van der Waals surface area (Å²) >= 11 is 0. The molecule has 0 atom stereocenters. The molecule has 0 aliphatic heterocycles. The van der Waals surface area contributed by atoms with Crippen molar-refractivity contribution in [3.8, 4) is 28.8 Å². The van der Waals surface area contributed by atoms with Gasteiger partial charge in [0.15, 0.2) is 5.76 Å². The Morgan fingerprint density at radius 1 is 1.04 bits per heavy atom. The Labute approximate surface area is 160 Å². The molecule has 0 radical (unpaired) electrons. The molecule has 0 unspecified atom stereocenters. The first-order chi connectivity index (χ1) is 13.7. The third-order valence-electron chi connectivity index (χ3n) is 4.07. The molecule has 28 heavy (non-hydrogen) atoms. The van der Waals surface area contributed by atoms with Crippen molar-refractivity contribution in [2.24, 2.45) is 0 Å². The van der Waals surface area contributed by atoms with Crippen LogP contribution in [-0.2, 0) is 6.42 Å². The molecule has 2 aromatic carbocycles. The van der Waals surface area contributed by atoms with Crippen LogP contribution in [0.3, 0.4) is 0 Å². The molecular formula is C21H14N4O3. The Morgan fingerprint density at radius 3 is 2.64 bits per heavy atom. The molecule has 4 aromatic rings. The summed E-state index contributed by atoms with van der Waals surface area (Å²) in [5, 5.41) is 19.0. The third-order valence-corrected chi connectivity index (χ3v) is 4.07. The van der Waals surface area contributed by atoms with Crippen molar-refractivity contribution in [3.05, 3.63) is 78.1 Å². The number of carbonyl (C=O) groups excluding carboxylic acids is 1. The Balaban J connectivity index is 1.51. The zero-order valence-corrected chi connectivity index (χ0v) is 14.6. The van der Waals surface area contributed by atoms with E-state index in [-0.39, 0.29) is 17.8 Å². The van der Waals surface area contributed by atoms with Crippen LogP contribution in [0.2, 0.25) is 0 Å². The molecule has 2 heterocycles. The zero-order chi connectivity index (χ0) is 19.3. The summed E-state index contributed by atoms with van der Waals surface area (Å²) in [6, 6.07) is 20.4. The molecule has 7 nitrogen and oxygen atoms in total. The number of anilines is 1. The van der Waals surface area contributed by atoms with Gasteiger partial charge in [0.05, 0.1) is 18.8 Å². The molecule has 1 amide bonds. The Morgan fingerprint density at radius 2 is 1.89 bits per heavy atom. The smallest absolute Gasteiger partial charge is 0.322 e. The van der Waals surface area contributed by atoms with Crippen LogP contribution >= 0.6 is 0 Å². The van der Waals surface area contributed by atoms with Crippen LogP contribution in [0.5, 0.6) is 0 Å². The van der Waals surface area contributed by atoms with Gasteiger partial charge in [-0.1, -0.05) is 41.5 Å². The summed E-state index contributed by atoms with van der Waals surface area (Å²) in [7, 11) is 0. The van der Waals surface area contributed by atoms with Gasteiger partial charge in [-0.15, -0.1) is 5.10 Å². The van der Waals surface area contributed by atoms with Crippen LogP contribution in [0.4, 0.5) is 6.01 Å². The number of nitriles is 1. The Hall–Kier alpha value is -4.18. The lowest BCUT2D eigenvalue weighted by Gasteiger charge is -2.06. The number of nitrogens with one attached hydrogen (secondary N) is 1. The van der Waals surface area contributed by atoms with E-state index in [9.17, 15) is 4.79 Å². The highest BCUT2D eigenvalue weighted by Gasteiger charge is 2.14. The van der Waals surface area contributed by atoms with Crippen LogP contribution in [-0.4, -0.2) is 16.1 Å². The first kappa shape index (κ1) is 17.2. The van der Waals surface area contributed by atoms with Crippen LogP contribution in [0.25, 0.3) is 22.8 Å². The minimum Gasteiger partial charge on any atom is -0.459 e. The molecule has 0 saturated heterocycles. The first-order valence-corrected chi connectivity index (χ1v) is 8.48. The van der Waals surface area contributed by atoms with Crippen LogP contribution in [0, 0.1) is 11.3 Å². The van der Waals surface area contributed by atoms with E-state index >= 15 is 0 Å². The van der Waals surface area contributed by atoms with E-state index < -0.39 is 0 Å². The fraction of sp³-hybridized carbons (Fsp3) is 0.0476. The minimum absolute atomic E-state index is 0.0114. The number of rotatable bonds is 5. The molecule has 0 saturated carbocycles. The van der Waals surface area contributed by atoms with Crippen LogP contribution < -0.4 is 5.32 Å². The maximum absolute atomic E-state index is 12.5. The number of amides is 1. The zero-order valence-electron chi connectivity index (χ0n) is 14.6. The molecule has 1 N–H and O–H groups in total. The van der Waals surface area contributed by atoms with Gasteiger partial charge in [-0.05, 0) is 41.0 Å². The molecule has 7 heteroatoms. The summed E-state index contributed by atoms with van der Waals surface area (Å²) in [5.74, 6) is 0.249. The summed E-state index contributed by atoms with van der Waals surface area (Å²) in [4.78, 5) is 12.5. The van der Waals surface area contributed by atoms with E-state index in [2.05, 4.69) is 21.6 Å². The maximum Gasteiger partial charge on any atom is 0.322 e. The number of aromatic nitrogens is 2. The Bertz CT molecular complexity index is 1140. The summed E-state index contributed by atoms with van der Waals surface area (Å²) < 4.78 is 10.6. The van der Waals surface area contributed by atoms with Gasteiger partial charge in [-0.2, -0.15) is 5.26 Å². The highest BCUT2D eigenvalue weighted by molar-refractivity contribution is 6.03. The van der Waals surface area contributed by atoms with E-state index in [1.807, 2.05) is 30.3 Å². The molecule has 0 bridgehead atoms. The van der Waals surface area contributed by atoms with Crippen molar-refractivity contribution in [1.82, 2.24) is 10.2 Å². The van der Waals surface area contributed by atoms with Gasteiger partial charge in [-0.25, -0.2) is 0 Å². The largest absolute Gasteiger partial charge is 0.459 e. The van der Waals surface area contributed by atoms with Gasteiger partial charge < -0.3 is 8.83 Å². The first-order valence-electron chi connectivity index (χ1n) is 8.48. The fourth-order valence-corrected chi connectivity index (χ4v) is 2.69. The van der Waals surface area contributed by atoms with Crippen molar-refractivity contribution in [2.45, 2.75) is 6.42 Å². The maximum atomic E-state index is 12.5. The van der Waals surface area contributed by atoms with Crippen molar-refractivity contribution in [1.29, 1.82) is 5.26 Å². The topological polar surface area (TPSA) is 105 Å². The minimum atomic E-state index is -0.363. The molecule has 136 valence electrons. The van der Waals surface area contributed by atoms with Crippen molar-refractivity contribution >= 4 is 11.9 Å². The number of hydrogen-bond donors (Lipinski definition) is 1. The second kappa shape index (κ2) is 7.60. The van der Waals surface area contributed by atoms with Crippen LogP contribution in [0.1, 0.15) is 15.9 Å². The number of carbonyl (C=O) groups is 1. The van der Waals surface area contributed by atoms with Gasteiger partial charge in [0.2, 0.25) is 0 Å². The molecular weight excluding hydrogens is 356 g/mol. The standard InChI is InChI=1S/C21H14N4O3/c22-11-10-14-6-8-15(9-7-14)16-3-1-4-17(13-16)19(26)23-21-25-24-20(28-21)18-5-2-12-27-18/h1-9,12-13H,10H2,(H,23,25,26). The molecule has 0 aliphatic rings. The molecule has 2 aromatic heterocycles. The number of hydrogen-bond acceptors (Lipinski definition) is 6. The third kappa shape index (κ3) is 3.66. The van der Waals surface area contributed by atoms with E-state index in [1.54, 1.807) is 30.3 Å². The second-order valence-corrected chi connectivity index (χ2v) is 5.96. The van der Waals surface area contributed by atoms with Gasteiger partial charge in [-0.3, -0.25) is 10.1 Å². The monoisotopic (exact) mass is 370 g/mol. The predicted octanol–water partition coefficient (Wildman–Crippen LogP) is 4.31. The van der Waals surface area contributed by atoms with Crippen molar-refractivity contribution in [3.63, 3.8) is 0 Å². The van der Waals surface area contributed by atoms with Gasteiger partial charge in [0, 0.05) is 5.56 Å². The predicted molar refractivity (Wildman–Crippen MR) is 101 cm³/mol. The summed E-state index contributed by atoms with van der Waals surface area (Å²) in [5.41, 5.74) is 3.24. The van der Waals surface area contributed by atoms with E-state index in [0.29, 0.717) is 17.7 Å². The lowest BCUT2D eigenvalue weighted by molar-refractivity contribution is 0.102. The average Bonchev–Trinajstić information content (AvgIpc) is 3.41. The van der Waals surface area contributed by atoms with Gasteiger partial charge in [0.1, 0.15) is 0 Å².